The topological polar surface area (TPSA) is 48.5 Å². The fourth-order valence-electron chi connectivity index (χ4n) is 4.72. The highest BCUT2D eigenvalue weighted by Crippen LogP contribution is 2.30. The first-order valence-electron chi connectivity index (χ1n) is 12.8. The van der Waals surface area contributed by atoms with Gasteiger partial charge in [0.1, 0.15) is 17.4 Å². The molecule has 0 amide bonds. The number of nitrogens with zero attached hydrogens (tertiary/aromatic N) is 3. The lowest BCUT2D eigenvalue weighted by molar-refractivity contribution is 0.300. The van der Waals surface area contributed by atoms with Crippen molar-refractivity contribution in [2.24, 2.45) is 5.92 Å². The summed E-state index contributed by atoms with van der Waals surface area (Å²) < 4.78 is 38.4. The quantitative estimate of drug-likeness (QED) is 0.250. The summed E-state index contributed by atoms with van der Waals surface area (Å²) >= 11 is 0. The lowest BCUT2D eigenvalue weighted by atomic mass is 10.0. The Balaban J connectivity index is 1.46. The van der Waals surface area contributed by atoms with E-state index in [0.29, 0.717) is 35.1 Å². The van der Waals surface area contributed by atoms with Crippen molar-refractivity contribution in [3.8, 4) is 17.0 Å². The van der Waals surface area contributed by atoms with Crippen molar-refractivity contribution in [2.45, 2.75) is 32.7 Å². The maximum Gasteiger partial charge on any atom is 0.262 e. The van der Waals surface area contributed by atoms with E-state index in [2.05, 4.69) is 0 Å². The van der Waals surface area contributed by atoms with Crippen LogP contribution in [-0.2, 0) is 13.0 Å². The standard InChI is InChI=1S/C31H27F2N3O2/c1-20-25(16-21-6-3-2-4-7-21)30(37)36-18-29(23-12-14-24(15-13-23)38-19-22-10-11-22)34-31(36)35(20)17-26-27(32)8-5-9-28(26)33/h2-9,12-15,18,22H,10-11,16-17,19H2,1H3. The minimum atomic E-state index is -0.639. The Kier molecular flexibility index (Phi) is 6.27. The SMILES string of the molecule is Cc1c(Cc2ccccc2)c(=O)n2cc(-c3ccc(OCC4CC4)cc3)nc2n1Cc1c(F)cccc1F. The molecule has 0 atom stereocenters. The van der Waals surface area contributed by atoms with E-state index in [9.17, 15) is 13.6 Å². The molecule has 1 aliphatic rings. The second kappa shape index (κ2) is 9.89. The molecule has 2 heterocycles. The highest BCUT2D eigenvalue weighted by molar-refractivity contribution is 5.63. The molecule has 3 aromatic carbocycles. The van der Waals surface area contributed by atoms with Gasteiger partial charge in [0.2, 0.25) is 5.78 Å². The number of hydrogen-bond donors (Lipinski definition) is 0. The Morgan fingerprint density at radius 3 is 2.32 bits per heavy atom. The molecule has 7 heteroatoms. The van der Waals surface area contributed by atoms with Crippen LogP contribution < -0.4 is 10.3 Å². The minimum Gasteiger partial charge on any atom is -0.493 e. The zero-order valence-corrected chi connectivity index (χ0v) is 21.0. The van der Waals surface area contributed by atoms with E-state index in [-0.39, 0.29) is 17.7 Å². The van der Waals surface area contributed by atoms with E-state index in [1.165, 1.54) is 35.4 Å². The summed E-state index contributed by atoms with van der Waals surface area (Å²) in [6.45, 7) is 2.43. The summed E-state index contributed by atoms with van der Waals surface area (Å²) in [7, 11) is 0. The highest BCUT2D eigenvalue weighted by Gasteiger charge is 2.22. The third-order valence-corrected chi connectivity index (χ3v) is 7.18. The van der Waals surface area contributed by atoms with Gasteiger partial charge >= 0.3 is 0 Å². The van der Waals surface area contributed by atoms with Gasteiger partial charge < -0.3 is 9.30 Å². The van der Waals surface area contributed by atoms with Crippen molar-refractivity contribution in [3.63, 3.8) is 0 Å². The maximum atomic E-state index is 14.7. The molecule has 0 aliphatic heterocycles. The number of imidazole rings is 1. The van der Waals surface area contributed by atoms with Crippen LogP contribution in [0.15, 0.2) is 83.8 Å². The van der Waals surface area contributed by atoms with E-state index >= 15 is 0 Å². The van der Waals surface area contributed by atoms with Crippen LogP contribution in [-0.4, -0.2) is 20.6 Å². The van der Waals surface area contributed by atoms with Crippen LogP contribution in [0.3, 0.4) is 0 Å². The third kappa shape index (κ3) is 4.72. The molecular weight excluding hydrogens is 484 g/mol. The first-order valence-corrected chi connectivity index (χ1v) is 12.8. The number of rotatable bonds is 8. The fourth-order valence-corrected chi connectivity index (χ4v) is 4.72. The predicted octanol–water partition coefficient (Wildman–Crippen LogP) is 6.18. The zero-order chi connectivity index (χ0) is 26.2. The van der Waals surface area contributed by atoms with Crippen LogP contribution in [0.1, 0.15) is 35.2 Å². The van der Waals surface area contributed by atoms with Crippen LogP contribution in [0, 0.1) is 24.5 Å². The molecule has 2 aromatic heterocycles. The Labute approximate surface area is 219 Å². The van der Waals surface area contributed by atoms with Gasteiger partial charge in [-0.15, -0.1) is 0 Å². The summed E-state index contributed by atoms with van der Waals surface area (Å²) in [4.78, 5) is 18.4. The zero-order valence-electron chi connectivity index (χ0n) is 21.0. The summed E-state index contributed by atoms with van der Waals surface area (Å²) in [6, 6.07) is 21.1. The van der Waals surface area contributed by atoms with Gasteiger partial charge in [-0.3, -0.25) is 9.20 Å². The molecule has 0 N–H and O–H groups in total. The molecule has 1 aliphatic carbocycles. The number of fused-ring (bicyclic) bond motifs is 1. The van der Waals surface area contributed by atoms with Crippen LogP contribution in [0.4, 0.5) is 8.78 Å². The maximum absolute atomic E-state index is 14.7. The van der Waals surface area contributed by atoms with Crippen LogP contribution in [0.2, 0.25) is 0 Å². The number of ether oxygens (including phenoxy) is 1. The first-order chi connectivity index (χ1) is 18.5. The Morgan fingerprint density at radius 1 is 0.921 bits per heavy atom. The average molecular weight is 512 g/mol. The lowest BCUT2D eigenvalue weighted by Crippen LogP contribution is -2.26. The molecule has 1 saturated carbocycles. The Morgan fingerprint density at radius 2 is 1.63 bits per heavy atom. The second-order valence-electron chi connectivity index (χ2n) is 9.89. The normalized spacial score (nSPS) is 13.2. The molecule has 0 unspecified atom stereocenters. The predicted molar refractivity (Wildman–Crippen MR) is 143 cm³/mol. The molecule has 5 nitrogen and oxygen atoms in total. The number of hydrogen-bond acceptors (Lipinski definition) is 3. The molecular formula is C31H27F2N3O2. The second-order valence-corrected chi connectivity index (χ2v) is 9.89. The molecule has 0 spiro atoms. The van der Waals surface area contributed by atoms with Gasteiger partial charge in [0, 0.05) is 35.0 Å². The van der Waals surface area contributed by atoms with Crippen molar-refractivity contribution in [3.05, 3.63) is 123 Å². The molecule has 38 heavy (non-hydrogen) atoms. The van der Waals surface area contributed by atoms with E-state index in [1.54, 1.807) is 17.7 Å². The average Bonchev–Trinajstić information content (AvgIpc) is 3.66. The van der Waals surface area contributed by atoms with Gasteiger partial charge in [-0.05, 0) is 67.6 Å². The third-order valence-electron chi connectivity index (χ3n) is 7.18. The number of benzene rings is 3. The number of halogens is 2. The van der Waals surface area contributed by atoms with Crippen molar-refractivity contribution >= 4 is 5.78 Å². The van der Waals surface area contributed by atoms with Crippen LogP contribution >= 0.6 is 0 Å². The van der Waals surface area contributed by atoms with Gasteiger partial charge in [0.25, 0.3) is 5.56 Å². The molecule has 1 fully saturated rings. The highest BCUT2D eigenvalue weighted by atomic mass is 19.1. The van der Waals surface area contributed by atoms with Gasteiger partial charge in [0.15, 0.2) is 0 Å². The largest absolute Gasteiger partial charge is 0.493 e. The first kappa shape index (κ1) is 24.1. The summed E-state index contributed by atoms with van der Waals surface area (Å²) in [6.07, 6.45) is 4.53. The van der Waals surface area contributed by atoms with Gasteiger partial charge in [-0.25, -0.2) is 13.8 Å². The van der Waals surface area contributed by atoms with Crippen LogP contribution in [0.25, 0.3) is 17.0 Å². The molecule has 5 aromatic rings. The molecule has 6 rings (SSSR count). The molecule has 0 saturated heterocycles. The Bertz CT molecular complexity index is 1650. The van der Waals surface area contributed by atoms with Crippen LogP contribution in [0.5, 0.6) is 5.75 Å². The summed E-state index contributed by atoms with van der Waals surface area (Å²) in [5, 5.41) is 0. The van der Waals surface area contributed by atoms with E-state index < -0.39 is 11.6 Å². The lowest BCUT2D eigenvalue weighted by Gasteiger charge is -2.17. The Hall–Kier alpha value is -4.26. The molecule has 0 bridgehead atoms. The van der Waals surface area contributed by atoms with Crippen molar-refractivity contribution in [1.29, 1.82) is 0 Å². The monoisotopic (exact) mass is 511 g/mol. The van der Waals surface area contributed by atoms with Crippen molar-refractivity contribution in [2.75, 3.05) is 6.61 Å². The van der Waals surface area contributed by atoms with Gasteiger partial charge in [0.05, 0.1) is 18.8 Å². The van der Waals surface area contributed by atoms with Crippen molar-refractivity contribution < 1.29 is 13.5 Å². The molecule has 0 radical (unpaired) electrons. The summed E-state index contributed by atoms with van der Waals surface area (Å²) in [5.74, 6) is 0.501. The fraction of sp³-hybridized carbons (Fsp3) is 0.226. The van der Waals surface area contributed by atoms with Gasteiger partial charge in [-0.2, -0.15) is 0 Å². The number of aromatic nitrogens is 3. The van der Waals surface area contributed by atoms with E-state index in [0.717, 1.165) is 23.5 Å². The van der Waals surface area contributed by atoms with Crippen molar-refractivity contribution in [1.82, 2.24) is 14.0 Å². The summed E-state index contributed by atoms with van der Waals surface area (Å²) in [5.41, 5.74) is 3.27. The van der Waals surface area contributed by atoms with E-state index in [1.807, 2.05) is 54.6 Å². The smallest absolute Gasteiger partial charge is 0.262 e. The van der Waals surface area contributed by atoms with Gasteiger partial charge in [-0.1, -0.05) is 36.4 Å². The van der Waals surface area contributed by atoms with E-state index in [4.69, 9.17) is 9.72 Å². The molecule has 192 valence electrons. The minimum absolute atomic E-state index is 0.0754.